The number of fused-ring (bicyclic) bond motifs is 1. The second-order valence-electron chi connectivity index (χ2n) is 8.85. The average Bonchev–Trinajstić information content (AvgIpc) is 3.04. The first-order valence-electron chi connectivity index (χ1n) is 10.2. The van der Waals surface area contributed by atoms with Crippen LogP contribution in [0.1, 0.15) is 43.5 Å². The molecule has 11 heteroatoms. The SMILES string of the molecule is CC(C)C[C@H](NC(=O)CCC(=O)c1cc(Cl)ccc1Cl)[B-]12OC(=O)C[N+]1(C)CC(=O)O2. The van der Waals surface area contributed by atoms with Gasteiger partial charge in [0.25, 0.3) is 0 Å². The highest BCUT2D eigenvalue weighted by Gasteiger charge is 2.69. The number of nitrogens with zero attached hydrogens (tertiary/aromatic N) is 1. The lowest BCUT2D eigenvalue weighted by atomic mass is 9.58. The van der Waals surface area contributed by atoms with Crippen molar-refractivity contribution in [2.75, 3.05) is 20.1 Å². The van der Waals surface area contributed by atoms with Crippen LogP contribution in [0.3, 0.4) is 0 Å². The van der Waals surface area contributed by atoms with Gasteiger partial charge in [-0.15, -0.1) is 0 Å². The minimum atomic E-state index is -2.44. The summed E-state index contributed by atoms with van der Waals surface area (Å²) in [4.78, 5) is 49.4. The first-order chi connectivity index (χ1) is 14.5. The number of amides is 1. The van der Waals surface area contributed by atoms with Gasteiger partial charge in [-0.25, -0.2) is 0 Å². The molecular weight excluding hydrogens is 446 g/mol. The van der Waals surface area contributed by atoms with Gasteiger partial charge >= 0.3 is 18.6 Å². The van der Waals surface area contributed by atoms with E-state index >= 15 is 0 Å². The second kappa shape index (κ2) is 8.80. The molecule has 0 unspecified atom stereocenters. The Morgan fingerprint density at radius 1 is 1.13 bits per heavy atom. The standard InChI is InChI=1S/C20H25BCl2N2O6/c1-12(2)8-17(21-25(3,10-19(28)30-21)11-20(29)31-21)24-18(27)7-6-16(26)14-9-13(22)4-5-15(14)23/h4-5,9,12,17H,6-8,10-11H2,1-3H3,(H,24,27)/t17-,21?,25?/m0/s1. The topological polar surface area (TPSA) is 98.8 Å². The molecule has 2 aliphatic heterocycles. The third-order valence-corrected chi connectivity index (χ3v) is 6.40. The van der Waals surface area contributed by atoms with E-state index in [1.54, 1.807) is 13.1 Å². The molecule has 1 N–H and O–H groups in total. The molecule has 168 valence electrons. The number of rotatable bonds is 8. The van der Waals surface area contributed by atoms with Gasteiger partial charge in [0, 0.05) is 30.5 Å². The van der Waals surface area contributed by atoms with Gasteiger partial charge in [0.05, 0.1) is 11.0 Å². The number of hydrogen-bond acceptors (Lipinski definition) is 6. The molecule has 1 aromatic carbocycles. The van der Waals surface area contributed by atoms with Crippen LogP contribution in [-0.4, -0.2) is 60.8 Å². The van der Waals surface area contributed by atoms with E-state index in [0.29, 0.717) is 11.4 Å². The number of quaternary nitrogens is 1. The van der Waals surface area contributed by atoms with Crippen LogP contribution < -0.4 is 5.32 Å². The molecule has 0 saturated carbocycles. The summed E-state index contributed by atoms with van der Waals surface area (Å²) in [5, 5.41) is 3.50. The van der Waals surface area contributed by atoms with Crippen molar-refractivity contribution in [1.82, 2.24) is 5.32 Å². The molecule has 2 saturated heterocycles. The quantitative estimate of drug-likeness (QED) is 0.463. The number of carbonyl (C=O) groups excluding carboxylic acids is 4. The number of nitrogens with one attached hydrogen (secondary N) is 1. The Hall–Kier alpha value is -2.10. The van der Waals surface area contributed by atoms with Crippen LogP contribution in [0.5, 0.6) is 0 Å². The van der Waals surface area contributed by atoms with Gasteiger partial charge in [-0.1, -0.05) is 37.0 Å². The summed E-state index contributed by atoms with van der Waals surface area (Å²) in [5.41, 5.74) is 0.252. The Kier molecular flexibility index (Phi) is 6.69. The van der Waals surface area contributed by atoms with E-state index in [0.717, 1.165) is 0 Å². The van der Waals surface area contributed by atoms with Crippen LogP contribution in [0, 0.1) is 5.92 Å². The minimum Gasteiger partial charge on any atom is -0.599 e. The predicted octanol–water partition coefficient (Wildman–Crippen LogP) is 2.53. The highest BCUT2D eigenvalue weighted by Crippen LogP contribution is 2.38. The van der Waals surface area contributed by atoms with Gasteiger partial charge in [0.15, 0.2) is 5.78 Å². The molecule has 3 rings (SSSR count). The number of Topliss-reactive ketones (excluding diaryl/α,β-unsaturated/α-hetero) is 1. The van der Waals surface area contributed by atoms with E-state index in [9.17, 15) is 19.2 Å². The maximum Gasteiger partial charge on any atom is 0.605 e. The Labute approximate surface area is 190 Å². The van der Waals surface area contributed by atoms with Crippen LogP contribution in [-0.2, 0) is 23.7 Å². The largest absolute Gasteiger partial charge is 0.605 e. The van der Waals surface area contributed by atoms with Crippen LogP contribution in [0.2, 0.25) is 10.0 Å². The molecule has 2 fully saturated rings. The molecule has 0 radical (unpaired) electrons. The lowest BCUT2D eigenvalue weighted by molar-refractivity contribution is -0.794. The summed E-state index contributed by atoms with van der Waals surface area (Å²) in [6.45, 7) is 1.47. The fraction of sp³-hybridized carbons (Fsp3) is 0.500. The zero-order valence-corrected chi connectivity index (χ0v) is 19.2. The number of hydrogen-bond donors (Lipinski definition) is 1. The molecule has 2 aliphatic rings. The molecule has 0 aliphatic carbocycles. The number of carbonyl (C=O) groups is 4. The summed E-state index contributed by atoms with van der Waals surface area (Å²) in [7, 11) is 1.72. The number of benzene rings is 1. The summed E-state index contributed by atoms with van der Waals surface area (Å²) in [5.74, 6) is -2.23. The molecule has 8 nitrogen and oxygen atoms in total. The summed E-state index contributed by atoms with van der Waals surface area (Å²) in [6.07, 6.45) is 0.258. The van der Waals surface area contributed by atoms with Crippen molar-refractivity contribution in [2.45, 2.75) is 39.1 Å². The van der Waals surface area contributed by atoms with Gasteiger partial charge < -0.3 is 19.0 Å². The summed E-state index contributed by atoms with van der Waals surface area (Å²) in [6, 6.07) is 4.57. The van der Waals surface area contributed by atoms with E-state index < -0.39 is 30.5 Å². The smallest absolute Gasteiger partial charge is 0.599 e. The van der Waals surface area contributed by atoms with Crippen molar-refractivity contribution < 1.29 is 32.9 Å². The maximum absolute atomic E-state index is 12.7. The minimum absolute atomic E-state index is 0.00194. The van der Waals surface area contributed by atoms with Gasteiger partial charge in [0.1, 0.15) is 13.1 Å². The maximum atomic E-state index is 12.7. The zero-order valence-electron chi connectivity index (χ0n) is 17.7. The Bertz CT molecular complexity index is 918. The van der Waals surface area contributed by atoms with Crippen LogP contribution >= 0.6 is 23.2 Å². The summed E-state index contributed by atoms with van der Waals surface area (Å²) < 4.78 is 11.1. The van der Waals surface area contributed by atoms with Gasteiger partial charge in [-0.05, 0) is 30.5 Å². The summed E-state index contributed by atoms with van der Waals surface area (Å²) >= 11 is 12.0. The van der Waals surface area contributed by atoms with Gasteiger partial charge in [0.2, 0.25) is 5.91 Å². The second-order valence-corrected chi connectivity index (χ2v) is 9.70. The molecule has 1 aromatic rings. The molecule has 2 heterocycles. The van der Waals surface area contributed by atoms with Crippen molar-refractivity contribution in [3.63, 3.8) is 0 Å². The third-order valence-electron chi connectivity index (χ3n) is 5.84. The zero-order chi connectivity index (χ0) is 23.0. The van der Waals surface area contributed by atoms with E-state index in [4.69, 9.17) is 32.5 Å². The van der Waals surface area contributed by atoms with Crippen molar-refractivity contribution in [3.8, 4) is 0 Å². The first-order valence-corrected chi connectivity index (χ1v) is 10.9. The number of likely N-dealkylation sites (N-methyl/N-ethyl adjacent to an activating group) is 1. The van der Waals surface area contributed by atoms with Crippen LogP contribution in [0.4, 0.5) is 0 Å². The third kappa shape index (κ3) is 4.73. The van der Waals surface area contributed by atoms with Crippen molar-refractivity contribution in [1.29, 1.82) is 0 Å². The molecule has 31 heavy (non-hydrogen) atoms. The molecule has 1 amide bonds. The Morgan fingerprint density at radius 3 is 2.32 bits per heavy atom. The molecule has 0 bridgehead atoms. The molecule has 1 atom stereocenters. The van der Waals surface area contributed by atoms with Gasteiger partial charge in [-0.2, -0.15) is 0 Å². The fourth-order valence-corrected chi connectivity index (χ4v) is 4.82. The van der Waals surface area contributed by atoms with Crippen molar-refractivity contribution in [2.24, 2.45) is 5.92 Å². The van der Waals surface area contributed by atoms with E-state index in [1.807, 2.05) is 13.8 Å². The normalized spacial score (nSPS) is 25.7. The lowest BCUT2D eigenvalue weighted by Crippen LogP contribution is -2.71. The Morgan fingerprint density at radius 2 is 1.74 bits per heavy atom. The van der Waals surface area contributed by atoms with E-state index in [1.165, 1.54) is 12.1 Å². The lowest BCUT2D eigenvalue weighted by Gasteiger charge is -2.45. The fourth-order valence-electron chi connectivity index (χ4n) is 4.42. The number of halogens is 2. The monoisotopic (exact) mass is 470 g/mol. The first kappa shape index (κ1) is 23.6. The predicted molar refractivity (Wildman–Crippen MR) is 115 cm³/mol. The Balaban J connectivity index is 1.73. The number of ketones is 1. The van der Waals surface area contributed by atoms with Crippen LogP contribution in [0.15, 0.2) is 18.2 Å². The highest BCUT2D eigenvalue weighted by molar-refractivity contribution is 6.67. The molecular formula is C20H25BCl2N2O6. The highest BCUT2D eigenvalue weighted by atomic mass is 35.5. The van der Waals surface area contributed by atoms with Crippen LogP contribution in [0.25, 0.3) is 0 Å². The van der Waals surface area contributed by atoms with Crippen molar-refractivity contribution >= 4 is 53.5 Å². The van der Waals surface area contributed by atoms with E-state index in [2.05, 4.69) is 5.32 Å². The van der Waals surface area contributed by atoms with E-state index in [-0.39, 0.29) is 52.6 Å². The molecule has 0 aromatic heterocycles. The average molecular weight is 471 g/mol. The van der Waals surface area contributed by atoms with Crippen molar-refractivity contribution in [3.05, 3.63) is 33.8 Å². The molecule has 0 spiro atoms. The van der Waals surface area contributed by atoms with Gasteiger partial charge in [-0.3, -0.25) is 19.2 Å².